The van der Waals surface area contributed by atoms with E-state index in [1.807, 2.05) is 12.1 Å². The molecule has 3 rings (SSSR count). The topological polar surface area (TPSA) is 50.5 Å². The normalized spacial score (nSPS) is 11.2. The molecule has 0 saturated heterocycles. The Morgan fingerprint density at radius 3 is 2.83 bits per heavy atom. The van der Waals surface area contributed by atoms with Crippen LogP contribution in [-0.4, -0.2) is 38.2 Å². The van der Waals surface area contributed by atoms with E-state index in [1.54, 1.807) is 28.6 Å². The van der Waals surface area contributed by atoms with E-state index in [1.165, 1.54) is 23.1 Å². The molecular formula is C14H11Cl3N4OS2. The van der Waals surface area contributed by atoms with Crippen LogP contribution in [0.5, 0.6) is 0 Å². The van der Waals surface area contributed by atoms with Crippen molar-refractivity contribution in [3.63, 3.8) is 0 Å². The maximum Gasteiger partial charge on any atom is 0.233 e. The molecule has 0 fully saturated rings. The van der Waals surface area contributed by atoms with Crippen molar-refractivity contribution < 1.29 is 4.79 Å². The summed E-state index contributed by atoms with van der Waals surface area (Å²) in [4.78, 5) is 15.0. The summed E-state index contributed by atoms with van der Waals surface area (Å²) in [5.74, 6) is 0.218. The molecule has 3 aromatic heterocycles. The summed E-state index contributed by atoms with van der Waals surface area (Å²) in [5.41, 5.74) is 0.512. The highest BCUT2D eigenvalue weighted by Crippen LogP contribution is 2.26. The van der Waals surface area contributed by atoms with Gasteiger partial charge in [-0.3, -0.25) is 9.20 Å². The van der Waals surface area contributed by atoms with Crippen molar-refractivity contribution in [2.45, 2.75) is 11.7 Å². The van der Waals surface area contributed by atoms with Gasteiger partial charge in [0.25, 0.3) is 0 Å². The Morgan fingerprint density at radius 2 is 2.12 bits per heavy atom. The summed E-state index contributed by atoms with van der Waals surface area (Å²) < 4.78 is 2.39. The lowest BCUT2D eigenvalue weighted by Gasteiger charge is -2.15. The average molecular weight is 422 g/mol. The predicted octanol–water partition coefficient (Wildman–Crippen LogP) is 4.50. The van der Waals surface area contributed by atoms with Crippen molar-refractivity contribution in [2.24, 2.45) is 0 Å². The van der Waals surface area contributed by atoms with Crippen LogP contribution in [0.4, 0.5) is 0 Å². The molecule has 3 aromatic rings. The van der Waals surface area contributed by atoms with Gasteiger partial charge in [0.2, 0.25) is 5.91 Å². The minimum atomic E-state index is -0.0191. The number of fused-ring (bicyclic) bond motifs is 1. The molecule has 24 heavy (non-hydrogen) atoms. The third-order valence-corrected chi connectivity index (χ3v) is 5.80. The Bertz CT molecular complexity index is 895. The van der Waals surface area contributed by atoms with Gasteiger partial charge in [-0.15, -0.1) is 21.5 Å². The van der Waals surface area contributed by atoms with Crippen LogP contribution in [0.25, 0.3) is 5.65 Å². The number of hydrogen-bond donors (Lipinski definition) is 0. The second-order valence-corrected chi connectivity index (χ2v) is 8.51. The second kappa shape index (κ2) is 7.49. The molecular weight excluding hydrogens is 411 g/mol. The smallest absolute Gasteiger partial charge is 0.233 e. The molecule has 0 aliphatic heterocycles. The number of amides is 1. The standard InChI is InChI=1S/C14H11Cl3N4OS2/c1-20(6-9-2-3-11(17)24-9)12(22)7-23-14-19-18-13-10(16)4-8(15)5-21(13)14/h2-5H,6-7H2,1H3. The zero-order valence-corrected chi connectivity index (χ0v) is 16.3. The van der Waals surface area contributed by atoms with Crippen LogP contribution in [0.3, 0.4) is 0 Å². The number of rotatable bonds is 5. The lowest BCUT2D eigenvalue weighted by atomic mass is 10.4. The second-order valence-electron chi connectivity index (χ2n) is 4.93. The predicted molar refractivity (Wildman–Crippen MR) is 99.5 cm³/mol. The number of hydrogen-bond acceptors (Lipinski definition) is 5. The number of nitrogens with zero attached hydrogens (tertiary/aromatic N) is 4. The molecule has 0 unspecified atom stereocenters. The largest absolute Gasteiger partial charge is 0.340 e. The third-order valence-electron chi connectivity index (χ3n) is 3.17. The Morgan fingerprint density at radius 1 is 1.33 bits per heavy atom. The highest BCUT2D eigenvalue weighted by Gasteiger charge is 2.15. The molecule has 0 aromatic carbocycles. The van der Waals surface area contributed by atoms with Crippen molar-refractivity contribution in [1.82, 2.24) is 19.5 Å². The van der Waals surface area contributed by atoms with Gasteiger partial charge in [0.15, 0.2) is 10.8 Å². The summed E-state index contributed by atoms with van der Waals surface area (Å²) in [6.45, 7) is 0.523. The molecule has 0 atom stereocenters. The van der Waals surface area contributed by atoms with E-state index in [2.05, 4.69) is 10.2 Å². The van der Waals surface area contributed by atoms with Crippen molar-refractivity contribution in [2.75, 3.05) is 12.8 Å². The Balaban J connectivity index is 1.66. The SMILES string of the molecule is CN(Cc1ccc(Cl)s1)C(=O)CSc1nnc2c(Cl)cc(Cl)cn12. The molecule has 0 aliphatic carbocycles. The molecule has 0 spiro atoms. The van der Waals surface area contributed by atoms with E-state index in [9.17, 15) is 4.79 Å². The lowest BCUT2D eigenvalue weighted by molar-refractivity contribution is -0.127. The number of carbonyl (C=O) groups excluding carboxylic acids is 1. The third kappa shape index (κ3) is 3.97. The van der Waals surface area contributed by atoms with E-state index in [0.717, 1.165) is 4.88 Å². The monoisotopic (exact) mass is 420 g/mol. The Kier molecular flexibility index (Phi) is 5.56. The van der Waals surface area contributed by atoms with Gasteiger partial charge in [-0.05, 0) is 18.2 Å². The van der Waals surface area contributed by atoms with Crippen LogP contribution < -0.4 is 0 Å². The van der Waals surface area contributed by atoms with Crippen molar-refractivity contribution >= 4 is 69.5 Å². The first-order valence-electron chi connectivity index (χ1n) is 6.75. The van der Waals surface area contributed by atoms with E-state index in [0.29, 0.717) is 31.7 Å². The molecule has 3 heterocycles. The molecule has 0 bridgehead atoms. The van der Waals surface area contributed by atoms with Gasteiger partial charge in [-0.25, -0.2) is 0 Å². The van der Waals surface area contributed by atoms with Gasteiger partial charge in [-0.2, -0.15) is 0 Å². The molecule has 126 valence electrons. The molecule has 0 N–H and O–H groups in total. The van der Waals surface area contributed by atoms with E-state index < -0.39 is 0 Å². The first kappa shape index (κ1) is 17.8. The number of carbonyl (C=O) groups is 1. The molecule has 5 nitrogen and oxygen atoms in total. The maximum atomic E-state index is 12.3. The van der Waals surface area contributed by atoms with Crippen LogP contribution >= 0.6 is 57.9 Å². The van der Waals surface area contributed by atoms with Gasteiger partial charge >= 0.3 is 0 Å². The van der Waals surface area contributed by atoms with Crippen molar-refractivity contribution in [1.29, 1.82) is 0 Å². The fourth-order valence-corrected chi connectivity index (χ4v) is 4.50. The van der Waals surface area contributed by atoms with E-state index in [4.69, 9.17) is 34.8 Å². The van der Waals surface area contributed by atoms with Crippen molar-refractivity contribution in [3.8, 4) is 0 Å². The summed E-state index contributed by atoms with van der Waals surface area (Å²) in [6, 6.07) is 5.34. The van der Waals surface area contributed by atoms with Crippen LogP contribution in [0, 0.1) is 0 Å². The fourth-order valence-electron chi connectivity index (χ4n) is 2.00. The zero-order valence-electron chi connectivity index (χ0n) is 12.4. The number of aromatic nitrogens is 3. The van der Waals surface area contributed by atoms with Crippen LogP contribution in [0.2, 0.25) is 14.4 Å². The molecule has 0 radical (unpaired) electrons. The van der Waals surface area contributed by atoms with E-state index in [-0.39, 0.29) is 11.7 Å². The molecule has 1 amide bonds. The summed E-state index contributed by atoms with van der Waals surface area (Å²) in [5, 5.41) is 9.54. The number of thiophene rings is 1. The number of halogens is 3. The average Bonchev–Trinajstić information content (AvgIpc) is 3.11. The minimum absolute atomic E-state index is 0.0191. The summed E-state index contributed by atoms with van der Waals surface area (Å²) >= 11 is 20.7. The summed E-state index contributed by atoms with van der Waals surface area (Å²) in [7, 11) is 1.76. The summed E-state index contributed by atoms with van der Waals surface area (Å²) in [6.07, 6.45) is 1.67. The lowest BCUT2D eigenvalue weighted by Crippen LogP contribution is -2.27. The Hall–Kier alpha value is -0.990. The van der Waals surface area contributed by atoms with Crippen LogP contribution in [-0.2, 0) is 11.3 Å². The van der Waals surface area contributed by atoms with Gasteiger partial charge in [0.1, 0.15) is 0 Å². The molecule has 0 saturated carbocycles. The molecule has 0 aliphatic rings. The highest BCUT2D eigenvalue weighted by atomic mass is 35.5. The number of thioether (sulfide) groups is 1. The quantitative estimate of drug-likeness (QED) is 0.569. The van der Waals surface area contributed by atoms with Crippen molar-refractivity contribution in [3.05, 3.63) is 43.7 Å². The van der Waals surface area contributed by atoms with Gasteiger partial charge < -0.3 is 4.90 Å². The minimum Gasteiger partial charge on any atom is -0.340 e. The zero-order chi connectivity index (χ0) is 17.3. The maximum absolute atomic E-state index is 12.3. The van der Waals surface area contributed by atoms with Crippen LogP contribution in [0.1, 0.15) is 4.88 Å². The van der Waals surface area contributed by atoms with Gasteiger partial charge in [-0.1, -0.05) is 46.6 Å². The van der Waals surface area contributed by atoms with Crippen LogP contribution in [0.15, 0.2) is 29.6 Å². The van der Waals surface area contributed by atoms with E-state index >= 15 is 0 Å². The van der Waals surface area contributed by atoms with Gasteiger partial charge in [0.05, 0.1) is 26.7 Å². The Labute approximate surface area is 161 Å². The first-order chi connectivity index (χ1) is 11.4. The first-order valence-corrected chi connectivity index (χ1v) is 9.68. The fraction of sp³-hybridized carbons (Fsp3) is 0.214. The van der Waals surface area contributed by atoms with Gasteiger partial charge in [0, 0.05) is 18.1 Å². The number of pyridine rings is 1. The molecule has 10 heteroatoms. The highest BCUT2D eigenvalue weighted by molar-refractivity contribution is 7.99.